The number of amides is 1. The number of ether oxygens (including phenoxy) is 1. The summed E-state index contributed by atoms with van der Waals surface area (Å²) in [5, 5.41) is 2.61. The molecule has 1 saturated heterocycles. The predicted molar refractivity (Wildman–Crippen MR) is 100.0 cm³/mol. The van der Waals surface area contributed by atoms with Gasteiger partial charge in [0.05, 0.1) is 31.7 Å². The molecule has 9 heteroatoms. The summed E-state index contributed by atoms with van der Waals surface area (Å²) in [6.07, 6.45) is 3.26. The Labute approximate surface area is 159 Å². The average molecular weight is 424 g/mol. The van der Waals surface area contributed by atoms with Crippen molar-refractivity contribution in [3.63, 3.8) is 0 Å². The molecule has 1 N–H and O–H groups in total. The summed E-state index contributed by atoms with van der Waals surface area (Å²) in [5.74, 6) is 0.529. The number of nitrogens with zero attached hydrogens (tertiary/aromatic N) is 4. The monoisotopic (exact) mass is 423 g/mol. The van der Waals surface area contributed by atoms with E-state index in [9.17, 15) is 9.18 Å². The zero-order chi connectivity index (χ0) is 18.5. The van der Waals surface area contributed by atoms with Crippen molar-refractivity contribution in [3.8, 4) is 5.88 Å². The third-order valence-corrected chi connectivity index (χ3v) is 4.57. The molecule has 0 atom stereocenters. The summed E-state index contributed by atoms with van der Waals surface area (Å²) in [5.41, 5.74) is 0.184. The van der Waals surface area contributed by atoms with E-state index in [4.69, 9.17) is 4.74 Å². The summed E-state index contributed by atoms with van der Waals surface area (Å²) >= 11 is 3.19. The van der Waals surface area contributed by atoms with Gasteiger partial charge in [-0.05, 0) is 18.2 Å². The van der Waals surface area contributed by atoms with Crippen LogP contribution >= 0.6 is 15.9 Å². The molecule has 3 rings (SSSR count). The summed E-state index contributed by atoms with van der Waals surface area (Å²) < 4.78 is 19.5. The molecule has 1 aromatic heterocycles. The number of carbonyl (C=O) groups is 1. The van der Waals surface area contributed by atoms with Crippen LogP contribution in [0.3, 0.4) is 0 Å². The van der Waals surface area contributed by atoms with E-state index in [1.54, 1.807) is 25.6 Å². The second-order valence-electron chi connectivity index (χ2n) is 5.86. The molecule has 1 aliphatic rings. The molecule has 1 amide bonds. The van der Waals surface area contributed by atoms with Crippen LogP contribution in [-0.4, -0.2) is 60.6 Å². The Kier molecular flexibility index (Phi) is 6.00. The highest BCUT2D eigenvalue weighted by atomic mass is 79.9. The van der Waals surface area contributed by atoms with Gasteiger partial charge in [-0.1, -0.05) is 15.9 Å². The summed E-state index contributed by atoms with van der Waals surface area (Å²) in [6, 6.07) is 4.55. The van der Waals surface area contributed by atoms with Crippen molar-refractivity contribution < 1.29 is 13.9 Å². The molecule has 0 unspecified atom stereocenters. The first-order chi connectivity index (χ1) is 12.5. The second kappa shape index (κ2) is 8.41. The fourth-order valence-corrected chi connectivity index (χ4v) is 3.04. The van der Waals surface area contributed by atoms with Crippen molar-refractivity contribution in [2.24, 2.45) is 0 Å². The van der Waals surface area contributed by atoms with E-state index in [0.717, 1.165) is 18.9 Å². The standard InChI is InChI=1S/C17H19BrFN5O2/c1-26-17-10-20-9-15(22-17)24-6-4-23(5-7-24)11-16(25)21-14-3-2-12(18)8-13(14)19/h2-3,8-10H,4-7,11H2,1H3,(H,21,25). The Bertz CT molecular complexity index is 783. The first-order valence-electron chi connectivity index (χ1n) is 8.13. The molecule has 2 aromatic rings. The molecule has 0 aliphatic carbocycles. The van der Waals surface area contributed by atoms with Gasteiger partial charge < -0.3 is 15.0 Å². The number of carbonyl (C=O) groups excluding carboxylic acids is 1. The predicted octanol–water partition coefficient (Wildman–Crippen LogP) is 2.15. The van der Waals surface area contributed by atoms with Crippen LogP contribution in [0.4, 0.5) is 15.9 Å². The number of anilines is 2. The van der Waals surface area contributed by atoms with Gasteiger partial charge in [-0.25, -0.2) is 4.39 Å². The lowest BCUT2D eigenvalue weighted by molar-refractivity contribution is -0.117. The van der Waals surface area contributed by atoms with Crippen LogP contribution in [0, 0.1) is 5.82 Å². The number of piperazine rings is 1. The average Bonchev–Trinajstić information content (AvgIpc) is 2.65. The lowest BCUT2D eigenvalue weighted by Crippen LogP contribution is -2.49. The van der Waals surface area contributed by atoms with Gasteiger partial charge in [0.2, 0.25) is 11.8 Å². The lowest BCUT2D eigenvalue weighted by atomic mass is 10.3. The highest BCUT2D eigenvalue weighted by Crippen LogP contribution is 2.19. The maximum atomic E-state index is 13.8. The minimum Gasteiger partial charge on any atom is -0.480 e. The Balaban J connectivity index is 1.51. The first-order valence-corrected chi connectivity index (χ1v) is 8.92. The molecule has 2 heterocycles. The molecular formula is C17H19BrFN5O2. The Morgan fingerprint density at radius 3 is 2.77 bits per heavy atom. The van der Waals surface area contributed by atoms with Crippen molar-refractivity contribution in [3.05, 3.63) is 40.9 Å². The van der Waals surface area contributed by atoms with E-state index in [2.05, 4.69) is 36.1 Å². The molecule has 1 aliphatic heterocycles. The molecule has 1 aromatic carbocycles. The van der Waals surface area contributed by atoms with E-state index in [1.165, 1.54) is 12.1 Å². The van der Waals surface area contributed by atoms with Crippen LogP contribution in [0.15, 0.2) is 35.1 Å². The quantitative estimate of drug-likeness (QED) is 0.794. The number of methoxy groups -OCH3 is 1. The first kappa shape index (κ1) is 18.5. The largest absolute Gasteiger partial charge is 0.480 e. The number of hydrogen-bond donors (Lipinski definition) is 1. The second-order valence-corrected chi connectivity index (χ2v) is 6.77. The van der Waals surface area contributed by atoms with E-state index in [-0.39, 0.29) is 18.1 Å². The van der Waals surface area contributed by atoms with Gasteiger partial charge in [0, 0.05) is 30.7 Å². The number of rotatable bonds is 5. The maximum absolute atomic E-state index is 13.8. The van der Waals surface area contributed by atoms with Gasteiger partial charge in [-0.3, -0.25) is 14.7 Å². The molecule has 7 nitrogen and oxygen atoms in total. The topological polar surface area (TPSA) is 70.6 Å². The minimum atomic E-state index is -0.464. The van der Waals surface area contributed by atoms with Crippen LogP contribution in [0.25, 0.3) is 0 Å². The maximum Gasteiger partial charge on any atom is 0.238 e. The Hall–Kier alpha value is -2.26. The fourth-order valence-electron chi connectivity index (χ4n) is 2.71. The van der Waals surface area contributed by atoms with E-state index < -0.39 is 5.82 Å². The molecule has 138 valence electrons. The van der Waals surface area contributed by atoms with Crippen molar-refractivity contribution in [2.75, 3.05) is 50.1 Å². The van der Waals surface area contributed by atoms with Crippen LogP contribution in [-0.2, 0) is 4.79 Å². The molecule has 0 saturated carbocycles. The summed E-state index contributed by atoms with van der Waals surface area (Å²) in [4.78, 5) is 24.8. The van der Waals surface area contributed by atoms with Gasteiger partial charge in [0.15, 0.2) is 5.82 Å². The van der Waals surface area contributed by atoms with E-state index in [0.29, 0.717) is 23.4 Å². The van der Waals surface area contributed by atoms with Crippen molar-refractivity contribution >= 4 is 33.3 Å². The molecule has 0 bridgehead atoms. The van der Waals surface area contributed by atoms with Gasteiger partial charge in [-0.2, -0.15) is 4.98 Å². The summed E-state index contributed by atoms with van der Waals surface area (Å²) in [7, 11) is 1.55. The fraction of sp³-hybridized carbons (Fsp3) is 0.353. The van der Waals surface area contributed by atoms with Gasteiger partial charge in [0.25, 0.3) is 0 Å². The smallest absolute Gasteiger partial charge is 0.238 e. The normalized spacial score (nSPS) is 15.0. The van der Waals surface area contributed by atoms with Crippen molar-refractivity contribution in [1.29, 1.82) is 0 Å². The molecule has 0 radical (unpaired) electrons. The van der Waals surface area contributed by atoms with Crippen molar-refractivity contribution in [1.82, 2.24) is 14.9 Å². The van der Waals surface area contributed by atoms with E-state index >= 15 is 0 Å². The lowest BCUT2D eigenvalue weighted by Gasteiger charge is -2.34. The Morgan fingerprint density at radius 2 is 2.08 bits per heavy atom. The van der Waals surface area contributed by atoms with Gasteiger partial charge >= 0.3 is 0 Å². The minimum absolute atomic E-state index is 0.184. The van der Waals surface area contributed by atoms with Crippen LogP contribution in [0.2, 0.25) is 0 Å². The van der Waals surface area contributed by atoms with Crippen LogP contribution < -0.4 is 15.0 Å². The third kappa shape index (κ3) is 4.67. The molecule has 26 heavy (non-hydrogen) atoms. The molecule has 0 spiro atoms. The molecule has 1 fully saturated rings. The van der Waals surface area contributed by atoms with Gasteiger partial charge in [0.1, 0.15) is 5.82 Å². The number of nitrogens with one attached hydrogen (secondary N) is 1. The summed E-state index contributed by atoms with van der Waals surface area (Å²) in [6.45, 7) is 3.07. The number of halogens is 2. The SMILES string of the molecule is COc1cncc(N2CCN(CC(=O)Nc3ccc(Br)cc3F)CC2)n1. The number of benzene rings is 1. The highest BCUT2D eigenvalue weighted by Gasteiger charge is 2.21. The third-order valence-electron chi connectivity index (χ3n) is 4.08. The van der Waals surface area contributed by atoms with Crippen LogP contribution in [0.5, 0.6) is 5.88 Å². The van der Waals surface area contributed by atoms with E-state index in [1.807, 2.05) is 4.90 Å². The van der Waals surface area contributed by atoms with Gasteiger partial charge in [-0.15, -0.1) is 0 Å². The molecular weight excluding hydrogens is 405 g/mol. The van der Waals surface area contributed by atoms with Crippen LogP contribution in [0.1, 0.15) is 0 Å². The Morgan fingerprint density at radius 1 is 1.31 bits per heavy atom. The van der Waals surface area contributed by atoms with Crippen molar-refractivity contribution in [2.45, 2.75) is 0 Å². The zero-order valence-corrected chi connectivity index (χ0v) is 15.9. The number of hydrogen-bond acceptors (Lipinski definition) is 6. The number of aromatic nitrogens is 2. The highest BCUT2D eigenvalue weighted by molar-refractivity contribution is 9.10. The zero-order valence-electron chi connectivity index (χ0n) is 14.3.